The van der Waals surface area contributed by atoms with Gasteiger partial charge in [-0.15, -0.1) is 0 Å². The molecule has 0 saturated carbocycles. The van der Waals surface area contributed by atoms with Crippen LogP contribution in [-0.2, 0) is 9.53 Å². The van der Waals surface area contributed by atoms with Gasteiger partial charge in [-0.05, 0) is 26.0 Å². The zero-order valence-electron chi connectivity index (χ0n) is 10.5. The maximum absolute atomic E-state index is 11.7. The van der Waals surface area contributed by atoms with Crippen LogP contribution < -0.4 is 10.6 Å². The fraction of sp³-hybridized carbons (Fsp3) is 0.583. The second-order valence-electron chi connectivity index (χ2n) is 3.91. The molecule has 0 aliphatic carbocycles. The Labute approximate surface area is 102 Å². The first-order chi connectivity index (χ1) is 8.15. The van der Waals surface area contributed by atoms with E-state index in [0.717, 1.165) is 5.76 Å². The van der Waals surface area contributed by atoms with Crippen LogP contribution in [0.2, 0.25) is 0 Å². The van der Waals surface area contributed by atoms with Crippen LogP contribution in [0.15, 0.2) is 22.8 Å². The van der Waals surface area contributed by atoms with Gasteiger partial charge in [0.2, 0.25) is 5.91 Å². The van der Waals surface area contributed by atoms with Crippen LogP contribution in [0.4, 0.5) is 0 Å². The second kappa shape index (κ2) is 7.09. The van der Waals surface area contributed by atoms with Gasteiger partial charge >= 0.3 is 0 Å². The summed E-state index contributed by atoms with van der Waals surface area (Å²) in [4.78, 5) is 11.7. The van der Waals surface area contributed by atoms with Crippen molar-refractivity contribution in [1.29, 1.82) is 0 Å². The van der Waals surface area contributed by atoms with Crippen molar-refractivity contribution < 1.29 is 13.9 Å². The summed E-state index contributed by atoms with van der Waals surface area (Å²) in [6.45, 7) is 4.82. The van der Waals surface area contributed by atoms with E-state index >= 15 is 0 Å². The van der Waals surface area contributed by atoms with Gasteiger partial charge in [-0.3, -0.25) is 10.1 Å². The molecular weight excluding hydrogens is 220 g/mol. The summed E-state index contributed by atoms with van der Waals surface area (Å²) >= 11 is 0. The van der Waals surface area contributed by atoms with E-state index in [1.807, 2.05) is 26.0 Å². The molecule has 96 valence electrons. The molecule has 0 fully saturated rings. The van der Waals surface area contributed by atoms with Gasteiger partial charge < -0.3 is 14.5 Å². The van der Waals surface area contributed by atoms with Crippen molar-refractivity contribution in [3.63, 3.8) is 0 Å². The van der Waals surface area contributed by atoms with E-state index in [1.165, 1.54) is 0 Å². The number of rotatable bonds is 7. The van der Waals surface area contributed by atoms with Crippen LogP contribution in [0, 0.1) is 0 Å². The molecular formula is C12H20N2O3. The molecule has 0 aromatic carbocycles. The first-order valence-corrected chi connectivity index (χ1v) is 5.71. The molecule has 5 heteroatoms. The molecule has 1 aromatic rings. The van der Waals surface area contributed by atoms with Crippen molar-refractivity contribution in [2.24, 2.45) is 0 Å². The molecule has 2 N–H and O–H groups in total. The Morgan fingerprint density at radius 1 is 1.53 bits per heavy atom. The minimum atomic E-state index is -0.271. The molecule has 1 unspecified atom stereocenters. The maximum Gasteiger partial charge on any atom is 0.236 e. The summed E-state index contributed by atoms with van der Waals surface area (Å²) in [7, 11) is 1.60. The van der Waals surface area contributed by atoms with Crippen molar-refractivity contribution in [3.05, 3.63) is 24.2 Å². The Balaban J connectivity index is 2.32. The highest BCUT2D eigenvalue weighted by atomic mass is 16.5. The standard InChI is InChI=1S/C12H20N2O3/c1-9(11-5-4-7-17-11)14-10(2)12(15)13-6-8-16-3/h4-5,7,9-10,14H,6,8H2,1-3H3,(H,13,15)/t9-,10?/m0/s1. The van der Waals surface area contributed by atoms with Crippen LogP contribution in [0.5, 0.6) is 0 Å². The number of methoxy groups -OCH3 is 1. The quantitative estimate of drug-likeness (QED) is 0.700. The second-order valence-corrected chi connectivity index (χ2v) is 3.91. The first kappa shape index (κ1) is 13.7. The lowest BCUT2D eigenvalue weighted by atomic mass is 10.2. The van der Waals surface area contributed by atoms with Gasteiger partial charge in [0.05, 0.1) is 25.0 Å². The zero-order chi connectivity index (χ0) is 12.7. The summed E-state index contributed by atoms with van der Waals surface area (Å²) in [6.07, 6.45) is 1.62. The topological polar surface area (TPSA) is 63.5 Å². The van der Waals surface area contributed by atoms with Crippen molar-refractivity contribution in [2.45, 2.75) is 25.9 Å². The van der Waals surface area contributed by atoms with Gasteiger partial charge in [-0.1, -0.05) is 0 Å². The predicted molar refractivity (Wildman–Crippen MR) is 64.6 cm³/mol. The third-order valence-electron chi connectivity index (χ3n) is 2.47. The van der Waals surface area contributed by atoms with E-state index in [1.54, 1.807) is 13.4 Å². The number of carbonyl (C=O) groups excluding carboxylic acids is 1. The number of ether oxygens (including phenoxy) is 1. The lowest BCUT2D eigenvalue weighted by Crippen LogP contribution is -2.43. The normalized spacial score (nSPS) is 14.3. The average Bonchev–Trinajstić information content (AvgIpc) is 2.82. The van der Waals surface area contributed by atoms with Crippen molar-refractivity contribution in [3.8, 4) is 0 Å². The fourth-order valence-electron chi connectivity index (χ4n) is 1.50. The summed E-state index contributed by atoms with van der Waals surface area (Å²) in [5, 5.41) is 5.94. The first-order valence-electron chi connectivity index (χ1n) is 5.71. The van der Waals surface area contributed by atoms with Gasteiger partial charge in [-0.25, -0.2) is 0 Å². The van der Waals surface area contributed by atoms with Gasteiger partial charge in [0.15, 0.2) is 0 Å². The summed E-state index contributed by atoms with van der Waals surface area (Å²) in [6, 6.07) is 3.45. The molecule has 0 spiro atoms. The third-order valence-corrected chi connectivity index (χ3v) is 2.47. The highest BCUT2D eigenvalue weighted by Crippen LogP contribution is 2.12. The third kappa shape index (κ3) is 4.58. The van der Waals surface area contributed by atoms with Crippen LogP contribution in [0.25, 0.3) is 0 Å². The number of amides is 1. The number of hydrogen-bond donors (Lipinski definition) is 2. The van der Waals surface area contributed by atoms with E-state index in [-0.39, 0.29) is 18.0 Å². The molecule has 0 radical (unpaired) electrons. The van der Waals surface area contributed by atoms with E-state index < -0.39 is 0 Å². The number of nitrogens with one attached hydrogen (secondary N) is 2. The SMILES string of the molecule is COCCNC(=O)C(C)N[C@@H](C)c1ccco1. The number of carbonyl (C=O) groups is 1. The molecule has 0 saturated heterocycles. The lowest BCUT2D eigenvalue weighted by Gasteiger charge is -2.18. The van der Waals surface area contributed by atoms with E-state index in [4.69, 9.17) is 9.15 Å². The number of hydrogen-bond acceptors (Lipinski definition) is 4. The van der Waals surface area contributed by atoms with Crippen LogP contribution in [0.3, 0.4) is 0 Å². The largest absolute Gasteiger partial charge is 0.468 e. The minimum absolute atomic E-state index is 0.00757. The van der Waals surface area contributed by atoms with Gasteiger partial charge in [0, 0.05) is 13.7 Å². The van der Waals surface area contributed by atoms with Gasteiger partial charge in [0.1, 0.15) is 5.76 Å². The molecule has 1 aromatic heterocycles. The maximum atomic E-state index is 11.7. The van der Waals surface area contributed by atoms with Crippen molar-refractivity contribution in [1.82, 2.24) is 10.6 Å². The molecule has 0 bridgehead atoms. The van der Waals surface area contributed by atoms with E-state index in [0.29, 0.717) is 13.2 Å². The summed E-state index contributed by atoms with van der Waals surface area (Å²) in [5.41, 5.74) is 0. The molecule has 2 atom stereocenters. The zero-order valence-corrected chi connectivity index (χ0v) is 10.5. The smallest absolute Gasteiger partial charge is 0.236 e. The van der Waals surface area contributed by atoms with Gasteiger partial charge in [0.25, 0.3) is 0 Å². The summed E-state index contributed by atoms with van der Waals surface area (Å²) in [5.74, 6) is 0.780. The average molecular weight is 240 g/mol. The molecule has 0 aliphatic heterocycles. The molecule has 5 nitrogen and oxygen atoms in total. The fourth-order valence-corrected chi connectivity index (χ4v) is 1.50. The Morgan fingerprint density at radius 3 is 2.88 bits per heavy atom. The lowest BCUT2D eigenvalue weighted by molar-refractivity contribution is -0.123. The minimum Gasteiger partial charge on any atom is -0.468 e. The Hall–Kier alpha value is -1.33. The summed E-state index contributed by atoms with van der Waals surface area (Å²) < 4.78 is 10.1. The Kier molecular flexibility index (Phi) is 5.72. The van der Waals surface area contributed by atoms with Crippen LogP contribution in [-0.4, -0.2) is 32.2 Å². The molecule has 1 heterocycles. The van der Waals surface area contributed by atoms with Crippen molar-refractivity contribution in [2.75, 3.05) is 20.3 Å². The van der Waals surface area contributed by atoms with E-state index in [2.05, 4.69) is 10.6 Å². The van der Waals surface area contributed by atoms with E-state index in [9.17, 15) is 4.79 Å². The van der Waals surface area contributed by atoms with Crippen molar-refractivity contribution >= 4 is 5.91 Å². The highest BCUT2D eigenvalue weighted by Gasteiger charge is 2.16. The van der Waals surface area contributed by atoms with Gasteiger partial charge in [-0.2, -0.15) is 0 Å². The molecule has 17 heavy (non-hydrogen) atoms. The highest BCUT2D eigenvalue weighted by molar-refractivity contribution is 5.81. The molecule has 0 aliphatic rings. The molecule has 1 rings (SSSR count). The van der Waals surface area contributed by atoms with Crippen LogP contribution in [0.1, 0.15) is 25.6 Å². The monoisotopic (exact) mass is 240 g/mol. The predicted octanol–water partition coefficient (Wildman–Crippen LogP) is 1.08. The van der Waals surface area contributed by atoms with Crippen LogP contribution >= 0.6 is 0 Å². The Bertz CT molecular complexity index is 325. The molecule has 1 amide bonds. The number of furan rings is 1. The Morgan fingerprint density at radius 2 is 2.29 bits per heavy atom.